The number of aliphatic hydroxyl groups excluding tert-OH is 1. The number of aliphatic hydroxyl groups is 1. The van der Waals surface area contributed by atoms with Crippen molar-refractivity contribution in [2.75, 3.05) is 23.7 Å². The molecule has 0 saturated heterocycles. The van der Waals surface area contributed by atoms with Gasteiger partial charge < -0.3 is 28.3 Å². The molecule has 0 saturated carbocycles. The summed E-state index contributed by atoms with van der Waals surface area (Å²) in [5, 5.41) is 9.63. The van der Waals surface area contributed by atoms with E-state index >= 15 is 0 Å². The number of aromatic nitrogens is 1. The molecule has 3 aromatic carbocycles. The molecule has 7 nitrogen and oxygen atoms in total. The molecule has 224 valence electrons. The predicted octanol–water partition coefficient (Wildman–Crippen LogP) is 8.08. The Morgan fingerprint density at radius 3 is 2.28 bits per heavy atom. The molecule has 0 aliphatic rings. The second kappa shape index (κ2) is 12.6. The van der Waals surface area contributed by atoms with E-state index in [-0.39, 0.29) is 24.6 Å². The molecule has 0 radical (unpaired) electrons. The molecule has 0 bridgehead atoms. The van der Waals surface area contributed by atoms with E-state index in [1.165, 1.54) is 12.1 Å². The van der Waals surface area contributed by atoms with Crippen molar-refractivity contribution in [2.45, 2.75) is 34.6 Å². The Bertz CT molecular complexity index is 1830. The molecule has 5 aromatic rings. The van der Waals surface area contributed by atoms with Crippen LogP contribution in [0.2, 0.25) is 0 Å². The first-order valence-corrected chi connectivity index (χ1v) is 15.0. The summed E-state index contributed by atoms with van der Waals surface area (Å²) >= 11 is 1.57. The van der Waals surface area contributed by atoms with Gasteiger partial charge in [-0.2, -0.15) is 0 Å². The molecule has 0 atom stereocenters. The van der Waals surface area contributed by atoms with Crippen LogP contribution in [-0.4, -0.2) is 28.6 Å². The van der Waals surface area contributed by atoms with Crippen LogP contribution in [0.15, 0.2) is 63.9 Å². The van der Waals surface area contributed by atoms with E-state index in [4.69, 9.17) is 13.9 Å². The first kappa shape index (κ1) is 30.3. The molecule has 0 spiro atoms. The van der Waals surface area contributed by atoms with Gasteiger partial charge in [-0.1, -0.05) is 18.9 Å². The molecule has 0 unspecified atom stereocenters. The molecule has 2 N–H and O–H groups in total. The van der Waals surface area contributed by atoms with E-state index in [1.807, 2.05) is 58.0 Å². The fraction of sp³-hybridized carbons (Fsp3) is 0.265. The lowest BCUT2D eigenvalue weighted by molar-refractivity contribution is 0.200. The molecule has 0 aliphatic heterocycles. The summed E-state index contributed by atoms with van der Waals surface area (Å²) in [7, 11) is 1.71. The fourth-order valence-corrected chi connectivity index (χ4v) is 5.71. The largest absolute Gasteiger partial charge is 0.491 e. The number of hydrogen-bond donors (Lipinski definition) is 2. The van der Waals surface area contributed by atoms with Crippen molar-refractivity contribution < 1.29 is 23.4 Å². The van der Waals surface area contributed by atoms with Gasteiger partial charge in [0.25, 0.3) is 5.56 Å². The van der Waals surface area contributed by atoms with Crippen molar-refractivity contribution in [3.05, 3.63) is 93.2 Å². The number of anilines is 1. The van der Waals surface area contributed by atoms with Crippen LogP contribution in [0.3, 0.4) is 0 Å². The smallest absolute Gasteiger partial charge is 0.261 e. The van der Waals surface area contributed by atoms with Crippen LogP contribution < -0.4 is 19.8 Å². The van der Waals surface area contributed by atoms with Gasteiger partial charge in [0, 0.05) is 41.4 Å². The topological polar surface area (TPSA) is 85.9 Å². The monoisotopic (exact) mass is 602 g/mol. The number of ether oxygens (including phenoxy) is 2. The zero-order valence-electron chi connectivity index (χ0n) is 25.1. The average Bonchev–Trinajstić information content (AvgIpc) is 3.42. The molecule has 43 heavy (non-hydrogen) atoms. The Hall–Kier alpha value is -4.21. The van der Waals surface area contributed by atoms with Crippen LogP contribution in [-0.2, 0) is 7.05 Å². The molecule has 0 fully saturated rings. The van der Waals surface area contributed by atoms with Crippen LogP contribution >= 0.6 is 11.9 Å². The minimum atomic E-state index is -0.319. The highest BCUT2D eigenvalue weighted by Crippen LogP contribution is 2.42. The van der Waals surface area contributed by atoms with E-state index < -0.39 is 0 Å². The number of pyridine rings is 1. The summed E-state index contributed by atoms with van der Waals surface area (Å²) in [6.07, 6.45) is 1.75. The zero-order valence-corrected chi connectivity index (χ0v) is 25.9. The number of hydrogen-bond acceptors (Lipinski definition) is 7. The third-order valence-electron chi connectivity index (χ3n) is 7.17. The van der Waals surface area contributed by atoms with Crippen LogP contribution in [0.1, 0.15) is 29.2 Å². The molecule has 2 aromatic heterocycles. The maximum absolute atomic E-state index is 14.1. The number of halogens is 1. The second-order valence-electron chi connectivity index (χ2n) is 10.5. The summed E-state index contributed by atoms with van der Waals surface area (Å²) < 4.78 is 37.6. The minimum absolute atomic E-state index is 0.0733. The van der Waals surface area contributed by atoms with Gasteiger partial charge in [-0.3, -0.25) is 4.79 Å². The van der Waals surface area contributed by atoms with E-state index in [1.54, 1.807) is 35.8 Å². The van der Waals surface area contributed by atoms with Gasteiger partial charge in [0.15, 0.2) is 0 Å². The number of rotatable bonds is 10. The highest BCUT2D eigenvalue weighted by molar-refractivity contribution is 8.00. The Morgan fingerprint density at radius 1 is 0.953 bits per heavy atom. The van der Waals surface area contributed by atoms with Gasteiger partial charge in [-0.15, -0.1) is 0 Å². The van der Waals surface area contributed by atoms with Crippen LogP contribution in [0.25, 0.3) is 33.4 Å². The molecule has 2 heterocycles. The first-order chi connectivity index (χ1) is 20.6. The van der Waals surface area contributed by atoms with Crippen molar-refractivity contribution in [2.24, 2.45) is 7.05 Å². The predicted molar refractivity (Wildman–Crippen MR) is 172 cm³/mol. The number of nitrogens with zero attached hydrogens (tertiary/aromatic N) is 1. The third kappa shape index (κ3) is 6.14. The molecular formula is C34H35FN2O5S. The third-order valence-corrected chi connectivity index (χ3v) is 7.84. The Morgan fingerprint density at radius 2 is 1.63 bits per heavy atom. The number of benzene rings is 3. The summed E-state index contributed by atoms with van der Waals surface area (Å²) in [5.74, 6) is 2.92. The van der Waals surface area contributed by atoms with Gasteiger partial charge in [-0.05, 0) is 98.5 Å². The molecule has 0 amide bonds. The highest BCUT2D eigenvalue weighted by atomic mass is 32.2. The van der Waals surface area contributed by atoms with Gasteiger partial charge in [0.1, 0.15) is 41.0 Å². The van der Waals surface area contributed by atoms with Crippen molar-refractivity contribution in [1.29, 1.82) is 0 Å². The van der Waals surface area contributed by atoms with Crippen molar-refractivity contribution in [1.82, 2.24) is 4.57 Å². The zero-order chi connectivity index (χ0) is 30.8. The number of fused-ring (bicyclic) bond motifs is 1. The summed E-state index contributed by atoms with van der Waals surface area (Å²) in [6.45, 7) is 9.69. The SMILES string of the molecule is CCSNc1ccc(Oc2c(C)cc(F)cc2C)c(-c2cn(C)c(=O)c3cc(-c4cc(C)c(OCCO)c(C)c4)oc23)c1. The highest BCUT2D eigenvalue weighted by Gasteiger charge is 2.21. The molecular weight excluding hydrogens is 567 g/mol. The first-order valence-electron chi connectivity index (χ1n) is 14.1. The van der Waals surface area contributed by atoms with Crippen molar-refractivity contribution in [3.63, 3.8) is 0 Å². The lowest BCUT2D eigenvalue weighted by Gasteiger charge is -2.17. The standard InChI is InChI=1S/C34H35FN2O5S/c1-7-43-36-25-8-9-29(41-32-21(4)14-24(35)15-22(32)5)26(16-25)28-18-37(6)34(39)27-17-30(42-33(27)28)23-12-19(2)31(20(3)13-23)40-11-10-38/h8-9,12-18,36,38H,7,10-11H2,1-6H3. The Labute approximate surface area is 254 Å². The van der Waals surface area contributed by atoms with E-state index in [2.05, 4.69) is 11.6 Å². The lowest BCUT2D eigenvalue weighted by Crippen LogP contribution is -2.15. The van der Waals surface area contributed by atoms with E-state index in [9.17, 15) is 14.3 Å². The maximum Gasteiger partial charge on any atom is 0.261 e. The Kier molecular flexibility index (Phi) is 8.84. The maximum atomic E-state index is 14.1. The number of nitrogens with one attached hydrogen (secondary N) is 1. The van der Waals surface area contributed by atoms with Gasteiger partial charge in [0.05, 0.1) is 12.0 Å². The van der Waals surface area contributed by atoms with Crippen molar-refractivity contribution >= 4 is 28.6 Å². The van der Waals surface area contributed by atoms with Gasteiger partial charge in [0.2, 0.25) is 0 Å². The van der Waals surface area contributed by atoms with Crippen molar-refractivity contribution in [3.8, 4) is 39.7 Å². The van der Waals surface area contributed by atoms with E-state index in [0.29, 0.717) is 56.2 Å². The summed E-state index contributed by atoms with van der Waals surface area (Å²) in [6, 6.07) is 14.3. The molecule has 9 heteroatoms. The van der Waals surface area contributed by atoms with Gasteiger partial charge in [-0.25, -0.2) is 4.39 Å². The van der Waals surface area contributed by atoms with E-state index in [0.717, 1.165) is 28.1 Å². The lowest BCUT2D eigenvalue weighted by atomic mass is 10.0. The van der Waals surface area contributed by atoms with Crippen LogP contribution in [0, 0.1) is 33.5 Å². The summed E-state index contributed by atoms with van der Waals surface area (Å²) in [4.78, 5) is 13.3. The fourth-order valence-electron chi connectivity index (χ4n) is 5.27. The second-order valence-corrected chi connectivity index (χ2v) is 11.6. The average molecular weight is 603 g/mol. The Balaban J connectivity index is 1.69. The normalized spacial score (nSPS) is 11.3. The van der Waals surface area contributed by atoms with Crippen LogP contribution in [0.5, 0.6) is 17.2 Å². The quantitative estimate of drug-likeness (QED) is 0.156. The molecule has 0 aliphatic carbocycles. The number of aryl methyl sites for hydroxylation is 5. The van der Waals surface area contributed by atoms with Gasteiger partial charge >= 0.3 is 0 Å². The minimum Gasteiger partial charge on any atom is -0.491 e. The number of furan rings is 1. The van der Waals surface area contributed by atoms with Crippen LogP contribution in [0.4, 0.5) is 10.1 Å². The summed E-state index contributed by atoms with van der Waals surface area (Å²) in [5.41, 5.74) is 6.45. The molecule has 5 rings (SSSR count).